The van der Waals surface area contributed by atoms with Crippen molar-refractivity contribution in [3.05, 3.63) is 187 Å². The van der Waals surface area contributed by atoms with Crippen molar-refractivity contribution in [2.75, 3.05) is 4.90 Å². The first-order valence-corrected chi connectivity index (χ1v) is 22.1. The Kier molecular flexibility index (Phi) is 9.24. The van der Waals surface area contributed by atoms with E-state index in [1.54, 1.807) is 6.07 Å². The molecule has 0 spiro atoms. The van der Waals surface area contributed by atoms with Crippen molar-refractivity contribution < 1.29 is 18.9 Å². The number of ether oxygens (including phenoxy) is 4. The summed E-state index contributed by atoms with van der Waals surface area (Å²) in [6.07, 6.45) is -0.0989. The number of rotatable bonds is 9. The number of hydrogen-bond acceptors (Lipinski definition) is 7. The maximum absolute atomic E-state index is 10.1. The number of para-hydroxylation sites is 2. The van der Waals surface area contributed by atoms with Crippen LogP contribution in [0, 0.1) is 22.7 Å². The highest BCUT2D eigenvalue weighted by Crippen LogP contribution is 2.39. The molecule has 2 saturated heterocycles. The Bertz CT molecular complexity index is 3040. The first-order chi connectivity index (χ1) is 31.9. The van der Waals surface area contributed by atoms with Crippen LogP contribution in [0.2, 0.25) is 0 Å². The molecule has 65 heavy (non-hydrogen) atoms. The summed E-state index contributed by atoms with van der Waals surface area (Å²) in [6.45, 7) is 3.77. The van der Waals surface area contributed by atoms with E-state index >= 15 is 0 Å². The van der Waals surface area contributed by atoms with Gasteiger partial charge in [0.1, 0.15) is 23.7 Å². The molecule has 7 nitrogen and oxygen atoms in total. The molecule has 4 atom stereocenters. The van der Waals surface area contributed by atoms with E-state index in [0.717, 1.165) is 72.9 Å². The molecule has 0 amide bonds. The zero-order valence-corrected chi connectivity index (χ0v) is 35.7. The van der Waals surface area contributed by atoms with Crippen LogP contribution in [-0.2, 0) is 9.47 Å². The summed E-state index contributed by atoms with van der Waals surface area (Å²) in [7, 11) is 0. The third-order valence-corrected chi connectivity index (χ3v) is 13.2. The molecule has 4 aliphatic rings. The van der Waals surface area contributed by atoms with Crippen molar-refractivity contribution in [3.63, 3.8) is 0 Å². The van der Waals surface area contributed by atoms with Crippen molar-refractivity contribution >= 4 is 63.3 Å². The molecule has 2 fully saturated rings. The Morgan fingerprint density at radius 2 is 0.815 bits per heavy atom. The number of nitriles is 2. The molecular weight excluding hydrogens is 800 g/mol. The lowest BCUT2D eigenvalue weighted by Crippen LogP contribution is -2.65. The highest BCUT2D eigenvalue weighted by molar-refractivity contribution is 7.02. The number of epoxide rings is 2. The monoisotopic (exact) mass is 839 g/mol. The molecule has 12 rings (SSSR count). The molecule has 0 aliphatic carbocycles. The van der Waals surface area contributed by atoms with Crippen LogP contribution in [-0.4, -0.2) is 38.2 Å². The van der Waals surface area contributed by atoms with Gasteiger partial charge in [-0.25, -0.2) is 0 Å². The Labute approximate surface area is 378 Å². The SMILES string of the molecule is CC1OC1Oc1ccc(-c2ccc(B3c4ccccc4N4c5ccccc5B(c5ccc(-c6ccc(OC7OC7C)cc6)cc5)c5cc(-c6cc(C#N)cc(C#N)c6)cc3c54)cc2)cc1. The number of benzene rings is 8. The zero-order valence-electron chi connectivity index (χ0n) is 35.7. The van der Waals surface area contributed by atoms with Gasteiger partial charge in [0.15, 0.2) is 0 Å². The van der Waals surface area contributed by atoms with Crippen LogP contribution >= 0.6 is 0 Å². The van der Waals surface area contributed by atoms with Crippen molar-refractivity contribution in [2.45, 2.75) is 38.6 Å². The van der Waals surface area contributed by atoms with Gasteiger partial charge in [0.2, 0.25) is 26.0 Å². The van der Waals surface area contributed by atoms with Crippen molar-refractivity contribution in [3.8, 4) is 57.0 Å². The van der Waals surface area contributed by atoms with Gasteiger partial charge in [-0.1, -0.05) is 132 Å². The molecule has 9 heteroatoms. The Balaban J connectivity index is 1.00. The number of hydrogen-bond donors (Lipinski definition) is 0. The molecule has 4 heterocycles. The molecule has 8 aromatic rings. The second kappa shape index (κ2) is 15.5. The number of nitrogens with zero attached hydrogens (tertiary/aromatic N) is 3. The minimum Gasteiger partial charge on any atom is -0.462 e. The summed E-state index contributed by atoms with van der Waals surface area (Å²) in [5.74, 6) is 1.59. The Morgan fingerprint density at radius 1 is 0.446 bits per heavy atom. The normalized spacial score (nSPS) is 18.4. The Hall–Kier alpha value is -7.81. The summed E-state index contributed by atoms with van der Waals surface area (Å²) in [5.41, 5.74) is 17.6. The van der Waals surface area contributed by atoms with Gasteiger partial charge >= 0.3 is 0 Å². The van der Waals surface area contributed by atoms with Crippen LogP contribution in [0.3, 0.4) is 0 Å². The van der Waals surface area contributed by atoms with Crippen molar-refractivity contribution in [1.82, 2.24) is 0 Å². The second-order valence-electron chi connectivity index (χ2n) is 17.3. The van der Waals surface area contributed by atoms with Crippen molar-refractivity contribution in [2.24, 2.45) is 0 Å². The lowest BCUT2D eigenvalue weighted by atomic mass is 9.30. The van der Waals surface area contributed by atoms with Crippen molar-refractivity contribution in [1.29, 1.82) is 10.5 Å². The van der Waals surface area contributed by atoms with Crippen LogP contribution in [0.5, 0.6) is 11.5 Å². The van der Waals surface area contributed by atoms with Crippen LogP contribution in [0.25, 0.3) is 33.4 Å². The number of fused-ring (bicyclic) bond motifs is 4. The quantitative estimate of drug-likeness (QED) is 0.108. The van der Waals surface area contributed by atoms with Gasteiger partial charge in [0.05, 0.1) is 23.3 Å². The third kappa shape index (κ3) is 6.94. The van der Waals surface area contributed by atoms with Gasteiger partial charge in [0, 0.05) is 17.1 Å². The van der Waals surface area contributed by atoms with E-state index in [2.05, 4.69) is 150 Å². The largest absolute Gasteiger partial charge is 0.462 e. The topological polar surface area (TPSA) is 94.3 Å². The molecule has 0 N–H and O–H groups in total. The third-order valence-electron chi connectivity index (χ3n) is 13.2. The van der Waals surface area contributed by atoms with Gasteiger partial charge in [-0.05, 0) is 124 Å². The van der Waals surface area contributed by atoms with E-state index < -0.39 is 0 Å². The maximum Gasteiger partial charge on any atom is 0.246 e. The van der Waals surface area contributed by atoms with Crippen LogP contribution in [0.1, 0.15) is 25.0 Å². The molecule has 0 aromatic heterocycles. The lowest BCUT2D eigenvalue weighted by molar-refractivity contribution is 0.178. The van der Waals surface area contributed by atoms with Gasteiger partial charge in [0.25, 0.3) is 0 Å². The van der Waals surface area contributed by atoms with Gasteiger partial charge in [-0.3, -0.25) is 0 Å². The summed E-state index contributed by atoms with van der Waals surface area (Å²) in [4.78, 5) is 2.45. The minimum absolute atomic E-state index is 0.119. The molecule has 4 aliphatic heterocycles. The molecule has 308 valence electrons. The molecule has 0 radical (unpaired) electrons. The van der Waals surface area contributed by atoms with E-state index in [1.165, 1.54) is 21.9 Å². The second-order valence-corrected chi connectivity index (χ2v) is 17.3. The number of anilines is 3. The predicted molar refractivity (Wildman–Crippen MR) is 259 cm³/mol. The van der Waals surface area contributed by atoms with Gasteiger partial charge in [-0.15, -0.1) is 0 Å². The van der Waals surface area contributed by atoms with Crippen LogP contribution < -0.4 is 47.2 Å². The molecule has 0 bridgehead atoms. The highest BCUT2D eigenvalue weighted by atomic mass is 16.8. The molecule has 4 unspecified atom stereocenters. The highest BCUT2D eigenvalue weighted by Gasteiger charge is 2.44. The Morgan fingerprint density at radius 3 is 1.20 bits per heavy atom. The molecular formula is C56H39B2N3O4. The van der Waals surface area contributed by atoms with Gasteiger partial charge < -0.3 is 23.8 Å². The summed E-state index contributed by atoms with van der Waals surface area (Å²) >= 11 is 0. The smallest absolute Gasteiger partial charge is 0.246 e. The first kappa shape index (κ1) is 38.8. The predicted octanol–water partition coefficient (Wildman–Crippen LogP) is 7.81. The van der Waals surface area contributed by atoms with E-state index in [1.807, 2.05) is 50.2 Å². The molecule has 0 saturated carbocycles. The fraction of sp³-hybridized carbons (Fsp3) is 0.107. The van der Waals surface area contributed by atoms with E-state index in [0.29, 0.717) is 11.1 Å². The van der Waals surface area contributed by atoms with E-state index in [4.69, 9.17) is 18.9 Å². The summed E-state index contributed by atoms with van der Waals surface area (Å²) in [5, 5.41) is 20.2. The average molecular weight is 840 g/mol. The average Bonchev–Trinajstić information content (AvgIpc) is 4.27. The maximum atomic E-state index is 10.1. The fourth-order valence-electron chi connectivity index (χ4n) is 9.80. The van der Waals surface area contributed by atoms with E-state index in [9.17, 15) is 10.5 Å². The fourth-order valence-corrected chi connectivity index (χ4v) is 9.80. The summed E-state index contributed by atoms with van der Waals surface area (Å²) < 4.78 is 22.8. The standard InChI is InChI=1S/C56H39B2N3O4/c1-34-55(62-34)64-46-23-15-40(16-24-46)38-11-19-44(20-12-38)57-48-7-3-5-9-52(48)61-53-10-6-4-8-49(53)58(45-21-13-39(14-22-45)41-17-25-47(26-18-41)65-56-35(2)63-56)51-31-43(30-50(57)54(51)61)42-28-36(32-59)27-37(29-42)33-60/h3-31,34-35,55-56H,1-2H3. The minimum atomic E-state index is -0.173. The first-order valence-electron chi connectivity index (χ1n) is 22.1. The lowest BCUT2D eigenvalue weighted by Gasteiger charge is -2.44. The van der Waals surface area contributed by atoms with Crippen LogP contribution in [0.15, 0.2) is 176 Å². The van der Waals surface area contributed by atoms with Crippen LogP contribution in [0.4, 0.5) is 17.1 Å². The summed E-state index contributed by atoms with van der Waals surface area (Å²) in [6, 6.07) is 66.4. The molecule has 8 aromatic carbocycles. The van der Waals surface area contributed by atoms with E-state index in [-0.39, 0.29) is 38.2 Å². The van der Waals surface area contributed by atoms with Gasteiger partial charge in [-0.2, -0.15) is 10.5 Å². The zero-order chi connectivity index (χ0) is 43.8.